The van der Waals surface area contributed by atoms with Crippen molar-refractivity contribution in [3.63, 3.8) is 0 Å². The van der Waals surface area contributed by atoms with Crippen molar-refractivity contribution in [1.82, 2.24) is 15.0 Å². The summed E-state index contributed by atoms with van der Waals surface area (Å²) in [5, 5.41) is 4.05. The SMILES string of the molecule is C=C1CC(=C(Cl)c2nc(NC(=O)c3ccc(-c4ccnc(N)n4)s3)sc2C)C1. The minimum absolute atomic E-state index is 0.198. The summed E-state index contributed by atoms with van der Waals surface area (Å²) in [4.78, 5) is 27.5. The van der Waals surface area contributed by atoms with Crippen molar-refractivity contribution >= 4 is 56.3 Å². The maximum Gasteiger partial charge on any atom is 0.267 e. The third kappa shape index (κ3) is 3.71. The molecule has 0 aliphatic heterocycles. The Bertz CT molecular complexity index is 1120. The minimum atomic E-state index is -0.223. The first-order valence-electron chi connectivity index (χ1n) is 8.42. The molecule has 0 spiro atoms. The molecule has 1 fully saturated rings. The van der Waals surface area contributed by atoms with E-state index in [1.54, 1.807) is 18.3 Å². The normalized spacial score (nSPS) is 13.4. The van der Waals surface area contributed by atoms with Gasteiger partial charge < -0.3 is 5.73 Å². The first kappa shape index (κ1) is 18.8. The molecule has 4 rings (SSSR count). The van der Waals surface area contributed by atoms with Gasteiger partial charge in [-0.25, -0.2) is 15.0 Å². The Balaban J connectivity index is 1.51. The molecule has 3 aromatic heterocycles. The van der Waals surface area contributed by atoms with Crippen LogP contribution in [-0.2, 0) is 0 Å². The number of halogens is 1. The fraction of sp³-hybridized carbons (Fsp3) is 0.158. The number of nitrogens with one attached hydrogen (secondary N) is 1. The molecule has 0 radical (unpaired) electrons. The fourth-order valence-corrected chi connectivity index (χ4v) is 4.86. The lowest BCUT2D eigenvalue weighted by Gasteiger charge is -2.21. The summed E-state index contributed by atoms with van der Waals surface area (Å²) in [6.07, 6.45) is 3.23. The lowest BCUT2D eigenvalue weighted by Crippen LogP contribution is -2.09. The van der Waals surface area contributed by atoms with E-state index in [1.807, 2.05) is 13.0 Å². The van der Waals surface area contributed by atoms with Gasteiger partial charge >= 0.3 is 0 Å². The molecule has 0 unspecified atom stereocenters. The van der Waals surface area contributed by atoms with E-state index in [1.165, 1.54) is 28.2 Å². The Labute approximate surface area is 174 Å². The molecule has 142 valence electrons. The van der Waals surface area contributed by atoms with Gasteiger partial charge in [0.05, 0.1) is 26.2 Å². The molecule has 28 heavy (non-hydrogen) atoms. The molecule has 1 amide bonds. The van der Waals surface area contributed by atoms with Gasteiger partial charge in [0.15, 0.2) is 5.13 Å². The van der Waals surface area contributed by atoms with Crippen LogP contribution in [0.2, 0.25) is 0 Å². The maximum atomic E-state index is 12.6. The highest BCUT2D eigenvalue weighted by Gasteiger charge is 2.22. The van der Waals surface area contributed by atoms with Gasteiger partial charge in [-0.1, -0.05) is 23.8 Å². The van der Waals surface area contributed by atoms with Crippen molar-refractivity contribution < 1.29 is 4.79 Å². The number of hydrogen-bond acceptors (Lipinski definition) is 7. The fourth-order valence-electron chi connectivity index (χ4n) is 2.80. The average molecular weight is 430 g/mol. The van der Waals surface area contributed by atoms with Gasteiger partial charge in [-0.05, 0) is 43.5 Å². The number of carbonyl (C=O) groups is 1. The van der Waals surface area contributed by atoms with Crippen LogP contribution in [0.25, 0.3) is 15.6 Å². The molecule has 0 saturated heterocycles. The van der Waals surface area contributed by atoms with Crippen molar-refractivity contribution in [2.75, 3.05) is 11.1 Å². The van der Waals surface area contributed by atoms with Crippen molar-refractivity contribution in [3.05, 3.63) is 57.6 Å². The summed E-state index contributed by atoms with van der Waals surface area (Å²) in [5.74, 6) is -0.0249. The number of aryl methyl sites for hydroxylation is 1. The van der Waals surface area contributed by atoms with Crippen LogP contribution in [0, 0.1) is 6.92 Å². The molecule has 6 nitrogen and oxygen atoms in total. The lowest BCUT2D eigenvalue weighted by molar-refractivity contribution is 0.103. The number of nitrogens with two attached hydrogens (primary N) is 1. The topological polar surface area (TPSA) is 93.8 Å². The lowest BCUT2D eigenvalue weighted by atomic mass is 9.86. The summed E-state index contributed by atoms with van der Waals surface area (Å²) in [7, 11) is 0. The van der Waals surface area contributed by atoms with E-state index in [0.717, 1.165) is 33.9 Å². The Morgan fingerprint density at radius 3 is 2.75 bits per heavy atom. The Morgan fingerprint density at radius 1 is 1.25 bits per heavy atom. The Kier molecular flexibility index (Phi) is 5.01. The van der Waals surface area contributed by atoms with Crippen LogP contribution in [0.3, 0.4) is 0 Å². The first-order chi connectivity index (χ1) is 13.4. The van der Waals surface area contributed by atoms with Crippen LogP contribution in [0.1, 0.15) is 33.1 Å². The zero-order valence-corrected chi connectivity index (χ0v) is 17.3. The zero-order valence-electron chi connectivity index (χ0n) is 15.0. The highest BCUT2D eigenvalue weighted by atomic mass is 35.5. The predicted molar refractivity (Wildman–Crippen MR) is 116 cm³/mol. The maximum absolute atomic E-state index is 12.6. The quantitative estimate of drug-likeness (QED) is 0.562. The van der Waals surface area contributed by atoms with Crippen LogP contribution in [0.15, 0.2) is 42.1 Å². The van der Waals surface area contributed by atoms with Gasteiger partial charge in [-0.2, -0.15) is 0 Å². The highest BCUT2D eigenvalue weighted by molar-refractivity contribution is 7.18. The zero-order chi connectivity index (χ0) is 19.8. The van der Waals surface area contributed by atoms with Gasteiger partial charge in [0, 0.05) is 11.1 Å². The van der Waals surface area contributed by atoms with E-state index >= 15 is 0 Å². The second-order valence-corrected chi connectivity index (χ2v) is 9.03. The number of thiophene rings is 1. The predicted octanol–water partition coefficient (Wildman–Crippen LogP) is 5.10. The molecule has 0 aromatic carbocycles. The van der Waals surface area contributed by atoms with E-state index in [0.29, 0.717) is 20.7 Å². The number of thiazole rings is 1. The van der Waals surface area contributed by atoms with Crippen molar-refractivity contribution in [3.8, 4) is 10.6 Å². The molecule has 9 heteroatoms. The van der Waals surface area contributed by atoms with E-state index < -0.39 is 0 Å². The smallest absolute Gasteiger partial charge is 0.267 e. The summed E-state index contributed by atoms with van der Waals surface area (Å²) >= 11 is 9.22. The summed E-state index contributed by atoms with van der Waals surface area (Å²) in [6, 6.07) is 5.35. The van der Waals surface area contributed by atoms with E-state index in [9.17, 15) is 4.79 Å². The molecular formula is C19H16ClN5OS2. The molecule has 3 N–H and O–H groups in total. The first-order valence-corrected chi connectivity index (χ1v) is 10.4. The standard InChI is InChI=1S/C19H16ClN5OS2/c1-9-7-11(8-9)15(20)16-10(2)27-19(24-16)25-17(26)14-4-3-13(28-14)12-5-6-22-18(21)23-12/h3-6H,1,7-8H2,2H3,(H2,21,22,23)(H,24,25,26). The van der Waals surface area contributed by atoms with Crippen LogP contribution >= 0.6 is 34.3 Å². The molecule has 0 atom stereocenters. The number of nitrogen functional groups attached to an aromatic ring is 1. The van der Waals surface area contributed by atoms with Gasteiger partial charge in [0.25, 0.3) is 5.91 Å². The van der Waals surface area contributed by atoms with E-state index in [4.69, 9.17) is 17.3 Å². The van der Waals surface area contributed by atoms with Crippen LogP contribution < -0.4 is 11.1 Å². The summed E-state index contributed by atoms with van der Waals surface area (Å²) < 4.78 is 0. The number of carbonyl (C=O) groups excluding carboxylic acids is 1. The number of aromatic nitrogens is 3. The minimum Gasteiger partial charge on any atom is -0.368 e. The van der Waals surface area contributed by atoms with Crippen LogP contribution in [-0.4, -0.2) is 20.9 Å². The van der Waals surface area contributed by atoms with Gasteiger partial charge in [0.2, 0.25) is 5.95 Å². The number of anilines is 2. The Hall–Kier alpha value is -2.55. The highest BCUT2D eigenvalue weighted by Crippen LogP contribution is 2.41. The van der Waals surface area contributed by atoms with Gasteiger partial charge in [0.1, 0.15) is 0 Å². The van der Waals surface area contributed by atoms with Crippen molar-refractivity contribution in [2.45, 2.75) is 19.8 Å². The van der Waals surface area contributed by atoms with Crippen molar-refractivity contribution in [1.29, 1.82) is 0 Å². The second-order valence-electron chi connectivity index (χ2n) is 6.36. The number of amides is 1. The molecule has 1 aliphatic carbocycles. The third-order valence-electron chi connectivity index (χ3n) is 4.22. The number of rotatable bonds is 4. The van der Waals surface area contributed by atoms with E-state index in [2.05, 4.69) is 26.8 Å². The Morgan fingerprint density at radius 2 is 2.04 bits per heavy atom. The summed E-state index contributed by atoms with van der Waals surface area (Å²) in [5.41, 5.74) is 9.36. The van der Waals surface area contributed by atoms with Crippen LogP contribution in [0.5, 0.6) is 0 Å². The monoisotopic (exact) mass is 429 g/mol. The van der Waals surface area contributed by atoms with Gasteiger partial charge in [-0.3, -0.25) is 10.1 Å². The molecule has 3 aromatic rings. The van der Waals surface area contributed by atoms with Gasteiger partial charge in [-0.15, -0.1) is 22.7 Å². The number of allylic oxidation sites excluding steroid dienone is 2. The number of nitrogens with zero attached hydrogens (tertiary/aromatic N) is 3. The largest absolute Gasteiger partial charge is 0.368 e. The average Bonchev–Trinajstić information content (AvgIpc) is 3.25. The third-order valence-corrected chi connectivity index (χ3v) is 6.66. The second kappa shape index (κ2) is 7.46. The molecule has 0 bridgehead atoms. The summed E-state index contributed by atoms with van der Waals surface area (Å²) in [6.45, 7) is 5.88. The molecule has 1 saturated carbocycles. The molecule has 3 heterocycles. The molecular weight excluding hydrogens is 414 g/mol. The molecule has 1 aliphatic rings. The number of hydrogen-bond donors (Lipinski definition) is 2. The van der Waals surface area contributed by atoms with E-state index in [-0.39, 0.29) is 11.9 Å². The van der Waals surface area contributed by atoms with Crippen LogP contribution in [0.4, 0.5) is 11.1 Å². The van der Waals surface area contributed by atoms with Crippen molar-refractivity contribution in [2.24, 2.45) is 0 Å².